The van der Waals surface area contributed by atoms with Crippen LogP contribution in [0.3, 0.4) is 0 Å². The number of carbonyl (C=O) groups excluding carboxylic acids is 1. The molecule has 1 aromatic rings. The zero-order chi connectivity index (χ0) is 15.0. The summed E-state index contributed by atoms with van der Waals surface area (Å²) in [5.74, 6) is 0.415. The maximum atomic E-state index is 11.9. The van der Waals surface area contributed by atoms with E-state index in [4.69, 9.17) is 5.26 Å². The second-order valence-corrected chi connectivity index (χ2v) is 6.42. The highest BCUT2D eigenvalue weighted by atomic mass is 79.9. The lowest BCUT2D eigenvalue weighted by Crippen LogP contribution is -2.39. The number of halogens is 1. The number of nitrogens with one attached hydrogen (secondary N) is 1. The molecule has 1 N–H and O–H groups in total. The Hall–Kier alpha value is -1.80. The Morgan fingerprint density at radius 2 is 2.38 bits per heavy atom. The van der Waals surface area contributed by atoms with E-state index in [1.54, 1.807) is 6.92 Å². The number of fused-ring (bicyclic) bond motifs is 3. The molecule has 0 aliphatic carbocycles. The third kappa shape index (κ3) is 2.44. The van der Waals surface area contributed by atoms with Crippen LogP contribution in [0.4, 0.5) is 5.69 Å². The van der Waals surface area contributed by atoms with Gasteiger partial charge in [0.25, 0.3) is 0 Å². The molecule has 0 bridgehead atoms. The number of benzene rings is 1. The third-order valence-corrected chi connectivity index (χ3v) is 4.84. The van der Waals surface area contributed by atoms with Gasteiger partial charge in [-0.25, -0.2) is 0 Å². The number of anilines is 1. The predicted octanol–water partition coefficient (Wildman–Crippen LogP) is 3.23. The Morgan fingerprint density at radius 3 is 3.10 bits per heavy atom. The second kappa shape index (κ2) is 5.53. The van der Waals surface area contributed by atoms with E-state index in [1.807, 2.05) is 23.1 Å². The third-order valence-electron chi connectivity index (χ3n) is 4.34. The lowest BCUT2D eigenvalue weighted by atomic mass is 9.83. The predicted molar refractivity (Wildman–Crippen MR) is 84.5 cm³/mol. The molecule has 0 spiro atoms. The van der Waals surface area contributed by atoms with Gasteiger partial charge in [-0.05, 0) is 30.2 Å². The van der Waals surface area contributed by atoms with Crippen molar-refractivity contribution >= 4 is 27.5 Å². The molecule has 0 unspecified atom stereocenters. The van der Waals surface area contributed by atoms with Crippen molar-refractivity contribution in [1.29, 1.82) is 5.26 Å². The molecule has 1 aromatic carbocycles. The number of allylic oxidation sites excluding steroid dienone is 1. The van der Waals surface area contributed by atoms with Crippen LogP contribution in [-0.2, 0) is 4.79 Å². The summed E-state index contributed by atoms with van der Waals surface area (Å²) in [6, 6.07) is 8.34. The van der Waals surface area contributed by atoms with Crippen LogP contribution in [-0.4, -0.2) is 23.4 Å². The molecule has 1 saturated heterocycles. The van der Waals surface area contributed by atoms with Crippen molar-refractivity contribution in [3.8, 4) is 6.07 Å². The quantitative estimate of drug-likeness (QED) is 0.795. The molecule has 2 aliphatic rings. The second-order valence-electron chi connectivity index (χ2n) is 5.50. The molecule has 0 radical (unpaired) electrons. The van der Waals surface area contributed by atoms with Gasteiger partial charge >= 0.3 is 0 Å². The molecular weight excluding hydrogens is 330 g/mol. The Bertz CT molecular complexity index is 649. The Labute approximate surface area is 132 Å². The first-order chi connectivity index (χ1) is 10.1. The average molecular weight is 346 g/mol. The van der Waals surface area contributed by atoms with Crippen LogP contribution in [0.1, 0.15) is 24.9 Å². The van der Waals surface area contributed by atoms with E-state index in [0.717, 1.165) is 28.7 Å². The molecule has 5 heteroatoms. The molecule has 2 heterocycles. The number of hydrogen-bond acceptors (Lipinski definition) is 3. The number of nitriles is 1. The van der Waals surface area contributed by atoms with Crippen molar-refractivity contribution in [1.82, 2.24) is 4.90 Å². The molecule has 1 amide bonds. The van der Waals surface area contributed by atoms with E-state index in [9.17, 15) is 4.79 Å². The summed E-state index contributed by atoms with van der Waals surface area (Å²) in [6.07, 6.45) is 4.38. The van der Waals surface area contributed by atoms with Crippen molar-refractivity contribution in [2.45, 2.75) is 25.4 Å². The minimum atomic E-state index is 0.0876. The zero-order valence-corrected chi connectivity index (χ0v) is 13.3. The smallest absolute Gasteiger partial charge is 0.219 e. The zero-order valence-electron chi connectivity index (χ0n) is 11.7. The topological polar surface area (TPSA) is 56.1 Å². The standard InChI is InChI=1S/C16H16BrN3O/c1-10(21)20-8-6-12-14(3-2-7-18)19-15-5-4-11(17)9-13(15)16(12)20/h2-5,9,12,14,16,19H,6,8H2,1H3/b3-2+/t12-,14-,16-/m0/s1. The summed E-state index contributed by atoms with van der Waals surface area (Å²) in [5.41, 5.74) is 2.20. The summed E-state index contributed by atoms with van der Waals surface area (Å²) in [4.78, 5) is 13.9. The normalized spacial score (nSPS) is 26.9. The van der Waals surface area contributed by atoms with E-state index in [1.165, 1.54) is 6.08 Å². The fourth-order valence-electron chi connectivity index (χ4n) is 3.48. The van der Waals surface area contributed by atoms with Crippen LogP contribution in [0, 0.1) is 17.2 Å². The van der Waals surface area contributed by atoms with Crippen LogP contribution in [0.2, 0.25) is 0 Å². The minimum Gasteiger partial charge on any atom is -0.378 e. The fourth-order valence-corrected chi connectivity index (χ4v) is 3.86. The Kier molecular flexibility index (Phi) is 3.73. The average Bonchev–Trinajstić information content (AvgIpc) is 2.90. The van der Waals surface area contributed by atoms with Gasteiger partial charge in [-0.1, -0.05) is 22.0 Å². The van der Waals surface area contributed by atoms with E-state index in [-0.39, 0.29) is 18.0 Å². The fraction of sp³-hybridized carbons (Fsp3) is 0.375. The summed E-state index contributed by atoms with van der Waals surface area (Å²) in [6.45, 7) is 2.40. The first-order valence-corrected chi connectivity index (χ1v) is 7.80. The van der Waals surface area contributed by atoms with Gasteiger partial charge < -0.3 is 10.2 Å². The Balaban J connectivity index is 2.06. The summed E-state index contributed by atoms with van der Waals surface area (Å²) >= 11 is 3.51. The Morgan fingerprint density at radius 1 is 1.57 bits per heavy atom. The highest BCUT2D eigenvalue weighted by Crippen LogP contribution is 2.47. The van der Waals surface area contributed by atoms with Crippen molar-refractivity contribution in [3.05, 3.63) is 40.4 Å². The van der Waals surface area contributed by atoms with Gasteiger partial charge in [-0.3, -0.25) is 4.79 Å². The lowest BCUT2D eigenvalue weighted by Gasteiger charge is -2.38. The van der Waals surface area contributed by atoms with Gasteiger partial charge in [0.2, 0.25) is 5.91 Å². The van der Waals surface area contributed by atoms with Gasteiger partial charge in [0.15, 0.2) is 0 Å². The van der Waals surface area contributed by atoms with Crippen molar-refractivity contribution in [2.75, 3.05) is 11.9 Å². The molecule has 108 valence electrons. The molecule has 2 aliphatic heterocycles. The van der Waals surface area contributed by atoms with Gasteiger partial charge in [0, 0.05) is 35.6 Å². The lowest BCUT2D eigenvalue weighted by molar-refractivity contribution is -0.130. The highest BCUT2D eigenvalue weighted by molar-refractivity contribution is 9.10. The van der Waals surface area contributed by atoms with Crippen LogP contribution in [0.5, 0.6) is 0 Å². The van der Waals surface area contributed by atoms with Crippen molar-refractivity contribution in [3.63, 3.8) is 0 Å². The van der Waals surface area contributed by atoms with Gasteiger partial charge in [-0.15, -0.1) is 0 Å². The van der Waals surface area contributed by atoms with Gasteiger partial charge in [-0.2, -0.15) is 5.26 Å². The molecule has 3 rings (SSSR count). The first kappa shape index (κ1) is 14.2. The van der Waals surface area contributed by atoms with Crippen LogP contribution in [0.25, 0.3) is 0 Å². The van der Waals surface area contributed by atoms with E-state index < -0.39 is 0 Å². The summed E-state index contributed by atoms with van der Waals surface area (Å²) in [5, 5.41) is 12.3. The highest BCUT2D eigenvalue weighted by Gasteiger charge is 2.44. The minimum absolute atomic E-state index is 0.0876. The van der Waals surface area contributed by atoms with Crippen LogP contribution >= 0.6 is 15.9 Å². The number of carbonyl (C=O) groups is 1. The van der Waals surface area contributed by atoms with Gasteiger partial charge in [0.05, 0.1) is 18.2 Å². The summed E-state index contributed by atoms with van der Waals surface area (Å²) in [7, 11) is 0. The number of hydrogen-bond donors (Lipinski definition) is 1. The van der Waals surface area contributed by atoms with E-state index >= 15 is 0 Å². The van der Waals surface area contributed by atoms with E-state index in [2.05, 4.69) is 33.4 Å². The molecule has 4 nitrogen and oxygen atoms in total. The molecule has 21 heavy (non-hydrogen) atoms. The van der Waals surface area contributed by atoms with Gasteiger partial charge in [0.1, 0.15) is 0 Å². The molecule has 0 saturated carbocycles. The SMILES string of the molecule is CC(=O)N1CC[C@H]2[C@H](/C=C/C#N)Nc3ccc(Br)cc3[C@H]21. The van der Waals surface area contributed by atoms with Crippen molar-refractivity contribution < 1.29 is 4.79 Å². The number of nitrogens with zero attached hydrogens (tertiary/aromatic N) is 2. The number of likely N-dealkylation sites (tertiary alicyclic amines) is 1. The molecule has 3 atom stereocenters. The maximum Gasteiger partial charge on any atom is 0.219 e. The van der Waals surface area contributed by atoms with Crippen molar-refractivity contribution in [2.24, 2.45) is 5.92 Å². The van der Waals surface area contributed by atoms with Crippen LogP contribution in [0.15, 0.2) is 34.8 Å². The molecule has 0 aromatic heterocycles. The number of rotatable bonds is 1. The van der Waals surface area contributed by atoms with E-state index in [0.29, 0.717) is 5.92 Å². The largest absolute Gasteiger partial charge is 0.378 e. The van der Waals surface area contributed by atoms with Crippen LogP contribution < -0.4 is 5.32 Å². The number of amides is 1. The molecule has 1 fully saturated rings. The maximum absolute atomic E-state index is 11.9. The summed E-state index contributed by atoms with van der Waals surface area (Å²) < 4.78 is 1.02. The molecular formula is C16H16BrN3O. The first-order valence-electron chi connectivity index (χ1n) is 7.01. The monoisotopic (exact) mass is 345 g/mol.